The van der Waals surface area contributed by atoms with E-state index in [0.717, 1.165) is 24.6 Å². The van der Waals surface area contributed by atoms with Crippen molar-refractivity contribution in [2.75, 3.05) is 4.72 Å². The summed E-state index contributed by atoms with van der Waals surface area (Å²) in [7, 11) is -4.06. The van der Waals surface area contributed by atoms with Gasteiger partial charge < -0.3 is 9.63 Å². The van der Waals surface area contributed by atoms with Gasteiger partial charge in [-0.2, -0.15) is 0 Å². The molecule has 0 amide bonds. The molecular formula is C11H9FN2O5S. The fourth-order valence-corrected chi connectivity index (χ4v) is 2.65. The van der Waals surface area contributed by atoms with Crippen LogP contribution in [0.15, 0.2) is 34.0 Å². The number of anilines is 1. The zero-order chi connectivity index (χ0) is 14.9. The van der Waals surface area contributed by atoms with Gasteiger partial charge in [-0.3, -0.25) is 4.72 Å². The molecular weight excluding hydrogens is 291 g/mol. The molecule has 0 unspecified atom stereocenters. The first-order valence-corrected chi connectivity index (χ1v) is 6.75. The van der Waals surface area contributed by atoms with E-state index in [2.05, 4.69) is 14.4 Å². The Bertz CT molecular complexity index is 755. The fourth-order valence-electron chi connectivity index (χ4n) is 1.52. The average Bonchev–Trinajstić information content (AvgIpc) is 2.83. The molecule has 2 aromatic rings. The van der Waals surface area contributed by atoms with E-state index < -0.39 is 27.4 Å². The van der Waals surface area contributed by atoms with E-state index in [4.69, 9.17) is 5.11 Å². The maximum absolute atomic E-state index is 13.6. The maximum atomic E-state index is 13.6. The molecule has 0 spiro atoms. The van der Waals surface area contributed by atoms with Crippen LogP contribution in [0.25, 0.3) is 0 Å². The number of carboxylic acids is 1. The topological polar surface area (TPSA) is 110 Å². The molecule has 0 aliphatic heterocycles. The van der Waals surface area contributed by atoms with Gasteiger partial charge >= 0.3 is 5.97 Å². The number of carboxylic acid groups (broad SMARTS) is 1. The lowest BCUT2D eigenvalue weighted by Gasteiger charge is -2.08. The van der Waals surface area contributed by atoms with Crippen molar-refractivity contribution >= 4 is 21.7 Å². The Labute approximate surface area is 113 Å². The van der Waals surface area contributed by atoms with Gasteiger partial charge in [-0.25, -0.2) is 17.6 Å². The summed E-state index contributed by atoms with van der Waals surface area (Å²) in [5.74, 6) is -2.52. The van der Waals surface area contributed by atoms with Crippen molar-refractivity contribution in [2.45, 2.75) is 11.8 Å². The summed E-state index contributed by atoms with van der Waals surface area (Å²) < 4.78 is 44.3. The minimum atomic E-state index is -4.06. The summed E-state index contributed by atoms with van der Waals surface area (Å²) >= 11 is 0. The van der Waals surface area contributed by atoms with E-state index in [1.165, 1.54) is 6.92 Å². The number of rotatable bonds is 4. The number of carbonyl (C=O) groups is 1. The van der Waals surface area contributed by atoms with Gasteiger partial charge in [0.1, 0.15) is 17.8 Å². The second-order valence-corrected chi connectivity index (χ2v) is 5.61. The summed E-state index contributed by atoms with van der Waals surface area (Å²) in [5.41, 5.74) is -0.727. The first-order valence-electron chi connectivity index (χ1n) is 5.27. The third kappa shape index (κ3) is 2.62. The molecule has 1 aromatic heterocycles. The van der Waals surface area contributed by atoms with Crippen LogP contribution in [0.2, 0.25) is 0 Å². The third-order valence-electron chi connectivity index (χ3n) is 2.45. The predicted molar refractivity (Wildman–Crippen MR) is 65.4 cm³/mol. The van der Waals surface area contributed by atoms with Crippen LogP contribution in [-0.4, -0.2) is 24.7 Å². The lowest BCUT2D eigenvalue weighted by Crippen LogP contribution is -2.14. The van der Waals surface area contributed by atoms with E-state index in [-0.39, 0.29) is 16.1 Å². The molecule has 1 heterocycles. The molecule has 1 aromatic carbocycles. The molecule has 106 valence electrons. The van der Waals surface area contributed by atoms with Crippen molar-refractivity contribution < 1.29 is 27.2 Å². The predicted octanol–water partition coefficient (Wildman–Crippen LogP) is 1.62. The normalized spacial score (nSPS) is 11.3. The standard InChI is InChI=1S/C11H9FN2O5S/c1-6-2-8(3-9(10(6)12)11(15)16)20(17,18)14-7-4-13-19-5-7/h2-5,14H,1H3,(H,15,16). The highest BCUT2D eigenvalue weighted by Crippen LogP contribution is 2.21. The van der Waals surface area contributed by atoms with Crippen LogP contribution in [-0.2, 0) is 10.0 Å². The number of aryl methyl sites for hydroxylation is 1. The van der Waals surface area contributed by atoms with Crippen LogP contribution in [0.1, 0.15) is 15.9 Å². The fraction of sp³-hybridized carbons (Fsp3) is 0.0909. The lowest BCUT2D eigenvalue weighted by atomic mass is 10.1. The summed E-state index contributed by atoms with van der Waals surface area (Å²) in [6.07, 6.45) is 2.19. The van der Waals surface area contributed by atoms with Crippen molar-refractivity contribution in [1.29, 1.82) is 0 Å². The Balaban J connectivity index is 2.49. The summed E-state index contributed by atoms with van der Waals surface area (Å²) in [5, 5.41) is 12.2. The summed E-state index contributed by atoms with van der Waals surface area (Å²) in [4.78, 5) is 10.5. The Morgan fingerprint density at radius 2 is 2.15 bits per heavy atom. The molecule has 2 N–H and O–H groups in total. The van der Waals surface area contributed by atoms with E-state index in [9.17, 15) is 17.6 Å². The molecule has 20 heavy (non-hydrogen) atoms. The van der Waals surface area contributed by atoms with Crippen LogP contribution in [0.3, 0.4) is 0 Å². The van der Waals surface area contributed by atoms with Gasteiger partial charge in [-0.1, -0.05) is 5.16 Å². The molecule has 0 aliphatic rings. The molecule has 0 saturated carbocycles. The monoisotopic (exact) mass is 300 g/mol. The van der Waals surface area contributed by atoms with Crippen LogP contribution < -0.4 is 4.72 Å². The van der Waals surface area contributed by atoms with E-state index in [1.807, 2.05) is 0 Å². The van der Waals surface area contributed by atoms with Crippen LogP contribution in [0, 0.1) is 12.7 Å². The van der Waals surface area contributed by atoms with Crippen molar-refractivity contribution in [1.82, 2.24) is 5.16 Å². The number of nitrogens with one attached hydrogen (secondary N) is 1. The molecule has 0 radical (unpaired) electrons. The van der Waals surface area contributed by atoms with E-state index in [0.29, 0.717) is 0 Å². The number of nitrogens with zero attached hydrogens (tertiary/aromatic N) is 1. The van der Waals surface area contributed by atoms with Gasteiger partial charge in [-0.15, -0.1) is 0 Å². The molecule has 0 aliphatic carbocycles. The molecule has 9 heteroatoms. The maximum Gasteiger partial charge on any atom is 0.338 e. The number of sulfonamides is 1. The van der Waals surface area contributed by atoms with Gasteiger partial charge in [-0.05, 0) is 24.6 Å². The quantitative estimate of drug-likeness (QED) is 0.888. The van der Waals surface area contributed by atoms with E-state index >= 15 is 0 Å². The van der Waals surface area contributed by atoms with Crippen LogP contribution >= 0.6 is 0 Å². The Morgan fingerprint density at radius 3 is 2.70 bits per heavy atom. The Hall–Kier alpha value is -2.42. The SMILES string of the molecule is Cc1cc(S(=O)(=O)Nc2cnoc2)cc(C(=O)O)c1F. The molecule has 0 fully saturated rings. The largest absolute Gasteiger partial charge is 0.478 e. The number of hydrogen-bond acceptors (Lipinski definition) is 5. The zero-order valence-corrected chi connectivity index (χ0v) is 10.9. The number of aromatic nitrogens is 1. The smallest absolute Gasteiger partial charge is 0.338 e. The highest BCUT2D eigenvalue weighted by molar-refractivity contribution is 7.92. The number of halogens is 1. The third-order valence-corrected chi connectivity index (χ3v) is 3.81. The number of hydrogen-bond donors (Lipinski definition) is 2. The second-order valence-electron chi connectivity index (χ2n) is 3.93. The number of aromatic carboxylic acids is 1. The Kier molecular flexibility index (Phi) is 3.45. The van der Waals surface area contributed by atoms with Gasteiger partial charge in [0.15, 0.2) is 0 Å². The molecule has 0 saturated heterocycles. The van der Waals surface area contributed by atoms with Crippen LogP contribution in [0.4, 0.5) is 10.1 Å². The van der Waals surface area contributed by atoms with Crippen molar-refractivity contribution in [2.24, 2.45) is 0 Å². The zero-order valence-electron chi connectivity index (χ0n) is 10.1. The highest BCUT2D eigenvalue weighted by Gasteiger charge is 2.21. The second kappa shape index (κ2) is 4.93. The first kappa shape index (κ1) is 14.0. The summed E-state index contributed by atoms with van der Waals surface area (Å²) in [6, 6.07) is 1.79. The number of benzene rings is 1. The molecule has 0 atom stereocenters. The van der Waals surface area contributed by atoms with Gasteiger partial charge in [0.05, 0.1) is 16.7 Å². The van der Waals surface area contributed by atoms with Gasteiger partial charge in [0.25, 0.3) is 10.0 Å². The molecule has 7 nitrogen and oxygen atoms in total. The lowest BCUT2D eigenvalue weighted by molar-refractivity contribution is 0.0691. The average molecular weight is 300 g/mol. The van der Waals surface area contributed by atoms with Crippen molar-refractivity contribution in [3.63, 3.8) is 0 Å². The van der Waals surface area contributed by atoms with Crippen LogP contribution in [0.5, 0.6) is 0 Å². The minimum absolute atomic E-state index is 0.0730. The Morgan fingerprint density at radius 1 is 1.45 bits per heavy atom. The summed E-state index contributed by atoms with van der Waals surface area (Å²) in [6.45, 7) is 1.28. The van der Waals surface area contributed by atoms with Gasteiger partial charge in [0, 0.05) is 0 Å². The van der Waals surface area contributed by atoms with Crippen molar-refractivity contribution in [3.05, 3.63) is 41.5 Å². The first-order chi connectivity index (χ1) is 9.31. The molecule has 0 bridgehead atoms. The van der Waals surface area contributed by atoms with Crippen molar-refractivity contribution in [3.8, 4) is 0 Å². The van der Waals surface area contributed by atoms with E-state index in [1.54, 1.807) is 0 Å². The highest BCUT2D eigenvalue weighted by atomic mass is 32.2. The molecule has 2 rings (SSSR count). The van der Waals surface area contributed by atoms with Gasteiger partial charge in [0.2, 0.25) is 0 Å². The minimum Gasteiger partial charge on any atom is -0.478 e.